The lowest BCUT2D eigenvalue weighted by molar-refractivity contribution is 0.0711. The van der Waals surface area contributed by atoms with Gasteiger partial charge < -0.3 is 4.90 Å². The first-order valence-electron chi connectivity index (χ1n) is 7.53. The average Bonchev–Trinajstić information content (AvgIpc) is 3.09. The zero-order valence-corrected chi connectivity index (χ0v) is 13.9. The van der Waals surface area contributed by atoms with Crippen LogP contribution in [0.4, 0.5) is 0 Å². The van der Waals surface area contributed by atoms with Gasteiger partial charge in [0.1, 0.15) is 5.69 Å². The van der Waals surface area contributed by atoms with Crippen molar-refractivity contribution in [3.05, 3.63) is 37.7 Å². The number of aromatic nitrogens is 3. The second-order valence-electron chi connectivity index (χ2n) is 5.66. The van der Waals surface area contributed by atoms with E-state index in [9.17, 15) is 9.59 Å². The van der Waals surface area contributed by atoms with E-state index in [0.29, 0.717) is 5.69 Å². The fraction of sp³-hybridized carbons (Fsp3) is 0.533. The quantitative estimate of drug-likeness (QED) is 0.938. The zero-order valence-electron chi connectivity index (χ0n) is 13.0. The molecule has 118 valence electrons. The molecule has 6 nitrogen and oxygen atoms in total. The maximum absolute atomic E-state index is 12.6. The largest absolute Gasteiger partial charge is 0.332 e. The number of carbonyl (C=O) groups excluding carboxylic acids is 1. The molecule has 1 amide bonds. The lowest BCUT2D eigenvalue weighted by atomic mass is 9.97. The molecule has 1 atom stereocenters. The monoisotopic (exact) mass is 320 g/mol. The molecule has 1 aliphatic rings. The van der Waals surface area contributed by atoms with Gasteiger partial charge >= 0.3 is 0 Å². The van der Waals surface area contributed by atoms with Crippen molar-refractivity contribution in [3.8, 4) is 0 Å². The van der Waals surface area contributed by atoms with Crippen LogP contribution in [0, 0.1) is 0 Å². The lowest BCUT2D eigenvalue weighted by Gasteiger charge is -2.30. The molecule has 1 N–H and O–H groups in total. The molecule has 1 aliphatic carbocycles. The van der Waals surface area contributed by atoms with Gasteiger partial charge in [-0.3, -0.25) is 19.4 Å². The Labute approximate surface area is 132 Å². The van der Waals surface area contributed by atoms with Gasteiger partial charge in [-0.2, -0.15) is 0 Å². The molecule has 2 heterocycles. The summed E-state index contributed by atoms with van der Waals surface area (Å²) in [5, 5.41) is 3.94. The third kappa shape index (κ3) is 2.49. The van der Waals surface area contributed by atoms with Crippen LogP contribution in [-0.2, 0) is 19.9 Å². The molecule has 7 heteroatoms. The second-order valence-corrected chi connectivity index (χ2v) is 6.78. The summed E-state index contributed by atoms with van der Waals surface area (Å²) in [6, 6.07) is 1.41. The Kier molecular flexibility index (Phi) is 3.90. The molecule has 0 saturated carbocycles. The summed E-state index contributed by atoms with van der Waals surface area (Å²) in [6.45, 7) is 2.10. The summed E-state index contributed by atoms with van der Waals surface area (Å²) in [4.78, 5) is 31.8. The van der Waals surface area contributed by atoms with Crippen LogP contribution in [0.5, 0.6) is 0 Å². The van der Waals surface area contributed by atoms with Crippen molar-refractivity contribution in [2.75, 3.05) is 7.05 Å². The van der Waals surface area contributed by atoms with Gasteiger partial charge in [-0.05, 0) is 25.7 Å². The number of amides is 1. The Bertz CT molecular complexity index is 758. The van der Waals surface area contributed by atoms with Crippen molar-refractivity contribution in [2.24, 2.45) is 7.05 Å². The fourth-order valence-electron chi connectivity index (χ4n) is 2.90. The zero-order chi connectivity index (χ0) is 15.9. The van der Waals surface area contributed by atoms with Crippen LogP contribution >= 0.6 is 11.3 Å². The molecule has 2 aromatic rings. The van der Waals surface area contributed by atoms with E-state index in [1.165, 1.54) is 15.6 Å². The van der Waals surface area contributed by atoms with Crippen LogP contribution in [0.2, 0.25) is 0 Å². The maximum Gasteiger partial charge on any atom is 0.272 e. The molecule has 0 bridgehead atoms. The van der Waals surface area contributed by atoms with Crippen molar-refractivity contribution in [2.45, 2.75) is 38.6 Å². The molecule has 2 aromatic heterocycles. The number of nitrogens with one attached hydrogen (secondary N) is 1. The Balaban J connectivity index is 1.89. The first-order chi connectivity index (χ1) is 10.5. The van der Waals surface area contributed by atoms with E-state index in [0.717, 1.165) is 36.4 Å². The van der Waals surface area contributed by atoms with Crippen molar-refractivity contribution < 1.29 is 4.79 Å². The van der Waals surface area contributed by atoms with Crippen molar-refractivity contribution >= 4 is 17.2 Å². The van der Waals surface area contributed by atoms with Gasteiger partial charge in [0.05, 0.1) is 21.6 Å². The van der Waals surface area contributed by atoms with Gasteiger partial charge in [-0.15, -0.1) is 11.3 Å². The van der Waals surface area contributed by atoms with E-state index in [1.807, 2.05) is 0 Å². The van der Waals surface area contributed by atoms with Crippen molar-refractivity contribution in [3.63, 3.8) is 0 Å². The van der Waals surface area contributed by atoms with Gasteiger partial charge in [0.25, 0.3) is 11.5 Å². The topological polar surface area (TPSA) is 71.0 Å². The normalized spacial score (nSPS) is 17.3. The number of fused-ring (bicyclic) bond motifs is 1. The summed E-state index contributed by atoms with van der Waals surface area (Å²) in [5.74, 6) is -0.151. The summed E-state index contributed by atoms with van der Waals surface area (Å²) < 4.78 is 1.31. The molecule has 0 saturated heterocycles. The standard InChI is InChI=1S/C15H20N4O2S/c1-4-12-16-9-6-5-7-11(14(9)22-12)18(2)15(21)10-8-13(20)19(3)17-10/h8,11,17H,4-7H2,1-3H3. The third-order valence-corrected chi connectivity index (χ3v) is 5.52. The first-order valence-corrected chi connectivity index (χ1v) is 8.34. The second kappa shape index (κ2) is 5.72. The van der Waals surface area contributed by atoms with E-state index in [1.54, 1.807) is 30.3 Å². The highest BCUT2D eigenvalue weighted by Crippen LogP contribution is 2.38. The minimum absolute atomic E-state index is 0.0535. The molecule has 0 fully saturated rings. The number of carbonyl (C=O) groups is 1. The number of H-pyrrole nitrogens is 1. The lowest BCUT2D eigenvalue weighted by Crippen LogP contribution is -2.33. The van der Waals surface area contributed by atoms with Crippen LogP contribution in [0.3, 0.4) is 0 Å². The van der Waals surface area contributed by atoms with Gasteiger partial charge in [0.15, 0.2) is 0 Å². The summed E-state index contributed by atoms with van der Waals surface area (Å²) in [6.07, 6.45) is 3.89. The van der Waals surface area contributed by atoms with Crippen LogP contribution in [0.25, 0.3) is 0 Å². The highest BCUT2D eigenvalue weighted by molar-refractivity contribution is 7.11. The molecule has 3 rings (SSSR count). The molecule has 0 aliphatic heterocycles. The summed E-state index contributed by atoms with van der Waals surface area (Å²) in [7, 11) is 3.41. The van der Waals surface area contributed by atoms with Crippen LogP contribution in [0.15, 0.2) is 10.9 Å². The van der Waals surface area contributed by atoms with Gasteiger partial charge in [0, 0.05) is 20.2 Å². The fourth-order valence-corrected chi connectivity index (χ4v) is 4.13. The molecular weight excluding hydrogens is 300 g/mol. The number of aryl methyl sites for hydroxylation is 3. The van der Waals surface area contributed by atoms with E-state index in [4.69, 9.17) is 0 Å². The van der Waals surface area contributed by atoms with E-state index in [2.05, 4.69) is 17.0 Å². The van der Waals surface area contributed by atoms with Crippen LogP contribution in [0.1, 0.15) is 51.9 Å². The minimum atomic E-state index is -0.202. The van der Waals surface area contributed by atoms with E-state index >= 15 is 0 Å². The predicted molar refractivity (Wildman–Crippen MR) is 85.3 cm³/mol. The molecule has 22 heavy (non-hydrogen) atoms. The maximum atomic E-state index is 12.6. The molecule has 0 radical (unpaired) electrons. The number of hydrogen-bond acceptors (Lipinski definition) is 4. The average molecular weight is 320 g/mol. The van der Waals surface area contributed by atoms with Crippen LogP contribution in [-0.4, -0.2) is 32.6 Å². The first kappa shape index (κ1) is 15.0. The van der Waals surface area contributed by atoms with Gasteiger partial charge in [0.2, 0.25) is 0 Å². The molecule has 0 spiro atoms. The predicted octanol–water partition coefficient (Wildman–Crippen LogP) is 1.88. The molecule has 0 aromatic carbocycles. The minimum Gasteiger partial charge on any atom is -0.332 e. The highest BCUT2D eigenvalue weighted by Gasteiger charge is 2.30. The Hall–Kier alpha value is -1.89. The Morgan fingerprint density at radius 1 is 1.59 bits per heavy atom. The third-order valence-electron chi connectivity index (χ3n) is 4.17. The van der Waals surface area contributed by atoms with Crippen molar-refractivity contribution in [1.82, 2.24) is 19.7 Å². The van der Waals surface area contributed by atoms with Crippen molar-refractivity contribution in [1.29, 1.82) is 0 Å². The van der Waals surface area contributed by atoms with E-state index < -0.39 is 0 Å². The summed E-state index contributed by atoms with van der Waals surface area (Å²) in [5.41, 5.74) is 1.27. The SMILES string of the molecule is CCc1nc2c(s1)C(N(C)C(=O)c1cc(=O)n(C)[nH]1)CCC2. The molecule has 1 unspecified atom stereocenters. The Morgan fingerprint density at radius 2 is 2.36 bits per heavy atom. The number of aromatic amines is 1. The molecular formula is C15H20N4O2S. The number of thiazole rings is 1. The number of hydrogen-bond donors (Lipinski definition) is 1. The van der Waals surface area contributed by atoms with E-state index in [-0.39, 0.29) is 17.5 Å². The highest BCUT2D eigenvalue weighted by atomic mass is 32.1. The Morgan fingerprint density at radius 3 is 3.00 bits per heavy atom. The van der Waals surface area contributed by atoms with Crippen LogP contribution < -0.4 is 5.56 Å². The number of rotatable bonds is 3. The van der Waals surface area contributed by atoms with Gasteiger partial charge in [-0.1, -0.05) is 6.92 Å². The van der Waals surface area contributed by atoms with Gasteiger partial charge in [-0.25, -0.2) is 4.98 Å². The number of nitrogens with zero attached hydrogens (tertiary/aromatic N) is 3. The summed E-state index contributed by atoms with van der Waals surface area (Å²) >= 11 is 1.71. The smallest absolute Gasteiger partial charge is 0.272 e.